The lowest BCUT2D eigenvalue weighted by Crippen LogP contribution is -2.05. The normalized spacial score (nSPS) is 10.8. The molecule has 3 nitrogen and oxygen atoms in total. The number of nitrogen functional groups attached to an aromatic ring is 1. The SMILES string of the molecule is Nc1cc(-c2ccc(Br)cc2)nn1Cc1ccc(F)cc1. The number of nitrogens with zero attached hydrogens (tertiary/aromatic N) is 2. The maximum absolute atomic E-state index is 12.9. The third-order valence-electron chi connectivity index (χ3n) is 3.20. The highest BCUT2D eigenvalue weighted by Crippen LogP contribution is 2.23. The molecule has 0 aliphatic rings. The van der Waals surface area contributed by atoms with E-state index in [2.05, 4.69) is 21.0 Å². The standard InChI is InChI=1S/C16H13BrFN3/c17-13-5-3-12(4-6-13)15-9-16(19)21(20-15)10-11-1-7-14(18)8-2-11/h1-9H,10,19H2. The van der Waals surface area contributed by atoms with Gasteiger partial charge in [0.15, 0.2) is 0 Å². The molecule has 0 radical (unpaired) electrons. The van der Waals surface area contributed by atoms with Gasteiger partial charge >= 0.3 is 0 Å². The number of anilines is 1. The molecular weight excluding hydrogens is 333 g/mol. The van der Waals surface area contributed by atoms with Gasteiger partial charge in [-0.05, 0) is 29.8 Å². The van der Waals surface area contributed by atoms with Gasteiger partial charge in [-0.1, -0.05) is 40.2 Å². The molecule has 0 saturated heterocycles. The van der Waals surface area contributed by atoms with E-state index in [0.29, 0.717) is 12.4 Å². The van der Waals surface area contributed by atoms with Crippen LogP contribution in [0.4, 0.5) is 10.2 Å². The van der Waals surface area contributed by atoms with Crippen LogP contribution in [0.15, 0.2) is 59.1 Å². The van der Waals surface area contributed by atoms with Gasteiger partial charge in [0.1, 0.15) is 11.6 Å². The molecule has 0 aliphatic heterocycles. The van der Waals surface area contributed by atoms with Gasteiger partial charge in [-0.2, -0.15) is 5.10 Å². The second-order valence-electron chi connectivity index (χ2n) is 4.75. The van der Waals surface area contributed by atoms with Crippen LogP contribution in [0.3, 0.4) is 0 Å². The summed E-state index contributed by atoms with van der Waals surface area (Å²) in [5.74, 6) is 0.333. The van der Waals surface area contributed by atoms with Crippen LogP contribution in [0.5, 0.6) is 0 Å². The first kappa shape index (κ1) is 13.8. The zero-order chi connectivity index (χ0) is 14.8. The molecule has 106 valence electrons. The van der Waals surface area contributed by atoms with Gasteiger partial charge in [0, 0.05) is 16.1 Å². The lowest BCUT2D eigenvalue weighted by Gasteiger charge is -2.04. The Labute approximate surface area is 130 Å². The fourth-order valence-electron chi connectivity index (χ4n) is 2.08. The van der Waals surface area contributed by atoms with E-state index < -0.39 is 0 Å². The molecule has 0 spiro atoms. The molecule has 0 amide bonds. The molecule has 1 heterocycles. The average molecular weight is 346 g/mol. The molecule has 0 aliphatic carbocycles. The molecule has 5 heteroatoms. The van der Waals surface area contributed by atoms with Crippen molar-refractivity contribution in [2.45, 2.75) is 6.54 Å². The molecule has 0 unspecified atom stereocenters. The second kappa shape index (κ2) is 5.69. The summed E-state index contributed by atoms with van der Waals surface area (Å²) in [7, 11) is 0. The smallest absolute Gasteiger partial charge is 0.123 e. The highest BCUT2D eigenvalue weighted by molar-refractivity contribution is 9.10. The number of benzene rings is 2. The Kier molecular flexibility index (Phi) is 3.75. The molecule has 1 aromatic heterocycles. The Hall–Kier alpha value is -2.14. The van der Waals surface area contributed by atoms with E-state index in [9.17, 15) is 4.39 Å². The van der Waals surface area contributed by atoms with Crippen LogP contribution in [-0.4, -0.2) is 9.78 Å². The molecule has 2 N–H and O–H groups in total. The van der Waals surface area contributed by atoms with Gasteiger partial charge in [0.2, 0.25) is 0 Å². The Morgan fingerprint density at radius 3 is 2.38 bits per heavy atom. The first-order valence-electron chi connectivity index (χ1n) is 6.45. The number of aromatic nitrogens is 2. The summed E-state index contributed by atoms with van der Waals surface area (Å²) < 4.78 is 15.6. The summed E-state index contributed by atoms with van der Waals surface area (Å²) in [6, 6.07) is 16.1. The van der Waals surface area contributed by atoms with Crippen LogP contribution >= 0.6 is 15.9 Å². The number of rotatable bonds is 3. The van der Waals surface area contributed by atoms with E-state index in [-0.39, 0.29) is 5.82 Å². The number of halogens is 2. The molecule has 0 fully saturated rings. The van der Waals surface area contributed by atoms with Gasteiger partial charge < -0.3 is 5.73 Å². The van der Waals surface area contributed by atoms with Crippen molar-refractivity contribution >= 4 is 21.7 Å². The maximum Gasteiger partial charge on any atom is 0.123 e. The molecule has 3 aromatic rings. The van der Waals surface area contributed by atoms with Crippen molar-refractivity contribution < 1.29 is 4.39 Å². The maximum atomic E-state index is 12.9. The van der Waals surface area contributed by atoms with Crippen molar-refractivity contribution in [2.24, 2.45) is 0 Å². The molecule has 0 atom stereocenters. The lowest BCUT2D eigenvalue weighted by molar-refractivity contribution is 0.625. The molecule has 0 bridgehead atoms. The van der Waals surface area contributed by atoms with Crippen molar-refractivity contribution in [2.75, 3.05) is 5.73 Å². The summed E-state index contributed by atoms with van der Waals surface area (Å²) in [6.07, 6.45) is 0. The van der Waals surface area contributed by atoms with Gasteiger partial charge in [-0.15, -0.1) is 0 Å². The summed E-state index contributed by atoms with van der Waals surface area (Å²) in [5.41, 5.74) is 8.78. The third kappa shape index (κ3) is 3.13. The van der Waals surface area contributed by atoms with Crippen LogP contribution in [0.25, 0.3) is 11.3 Å². The average Bonchev–Trinajstić information content (AvgIpc) is 2.83. The quantitative estimate of drug-likeness (QED) is 0.777. The van der Waals surface area contributed by atoms with Crippen LogP contribution in [0, 0.1) is 5.82 Å². The topological polar surface area (TPSA) is 43.8 Å². The van der Waals surface area contributed by atoms with Crippen LogP contribution < -0.4 is 5.73 Å². The fraction of sp³-hybridized carbons (Fsp3) is 0.0625. The minimum Gasteiger partial charge on any atom is -0.384 e. The van der Waals surface area contributed by atoms with E-state index in [0.717, 1.165) is 21.3 Å². The van der Waals surface area contributed by atoms with E-state index in [1.165, 1.54) is 12.1 Å². The first-order chi connectivity index (χ1) is 10.1. The van der Waals surface area contributed by atoms with Crippen molar-refractivity contribution in [1.82, 2.24) is 9.78 Å². The van der Waals surface area contributed by atoms with Crippen LogP contribution in [0.1, 0.15) is 5.56 Å². The summed E-state index contributed by atoms with van der Waals surface area (Å²) >= 11 is 3.41. The number of hydrogen-bond donors (Lipinski definition) is 1. The van der Waals surface area contributed by atoms with Crippen molar-refractivity contribution in [3.05, 3.63) is 70.5 Å². The van der Waals surface area contributed by atoms with Gasteiger partial charge in [0.25, 0.3) is 0 Å². The summed E-state index contributed by atoms with van der Waals surface area (Å²) in [4.78, 5) is 0. The Morgan fingerprint density at radius 1 is 1.05 bits per heavy atom. The van der Waals surface area contributed by atoms with Gasteiger partial charge in [-0.25, -0.2) is 9.07 Å². The van der Waals surface area contributed by atoms with Crippen LogP contribution in [-0.2, 0) is 6.54 Å². The molecule has 3 rings (SSSR count). The lowest BCUT2D eigenvalue weighted by atomic mass is 10.2. The highest BCUT2D eigenvalue weighted by Gasteiger charge is 2.08. The largest absolute Gasteiger partial charge is 0.384 e. The number of hydrogen-bond acceptors (Lipinski definition) is 2. The Balaban J connectivity index is 1.87. The predicted octanol–water partition coefficient (Wildman–Crippen LogP) is 4.08. The van der Waals surface area contributed by atoms with Crippen molar-refractivity contribution in [3.8, 4) is 11.3 Å². The third-order valence-corrected chi connectivity index (χ3v) is 3.73. The second-order valence-corrected chi connectivity index (χ2v) is 5.66. The Morgan fingerprint density at radius 2 is 1.71 bits per heavy atom. The van der Waals surface area contributed by atoms with E-state index >= 15 is 0 Å². The fourth-order valence-corrected chi connectivity index (χ4v) is 2.35. The first-order valence-corrected chi connectivity index (χ1v) is 7.25. The van der Waals surface area contributed by atoms with E-state index in [4.69, 9.17) is 5.73 Å². The Bertz CT molecular complexity index is 748. The molecule has 21 heavy (non-hydrogen) atoms. The predicted molar refractivity (Wildman–Crippen MR) is 85.3 cm³/mol. The van der Waals surface area contributed by atoms with E-state index in [1.807, 2.05) is 30.3 Å². The highest BCUT2D eigenvalue weighted by atomic mass is 79.9. The summed E-state index contributed by atoms with van der Waals surface area (Å²) in [5, 5.41) is 4.51. The van der Waals surface area contributed by atoms with Gasteiger partial charge in [0.05, 0.1) is 12.2 Å². The summed E-state index contributed by atoms with van der Waals surface area (Å²) in [6.45, 7) is 0.517. The monoisotopic (exact) mass is 345 g/mol. The molecule has 2 aromatic carbocycles. The van der Waals surface area contributed by atoms with Gasteiger partial charge in [-0.3, -0.25) is 0 Å². The minimum absolute atomic E-state index is 0.247. The minimum atomic E-state index is -0.247. The molecule has 0 saturated carbocycles. The van der Waals surface area contributed by atoms with Crippen LogP contribution in [0.2, 0.25) is 0 Å². The van der Waals surface area contributed by atoms with E-state index in [1.54, 1.807) is 16.8 Å². The van der Waals surface area contributed by atoms with Crippen molar-refractivity contribution in [1.29, 1.82) is 0 Å². The molecular formula is C16H13BrFN3. The van der Waals surface area contributed by atoms with Crippen molar-refractivity contribution in [3.63, 3.8) is 0 Å². The number of nitrogens with two attached hydrogens (primary N) is 1. The zero-order valence-electron chi connectivity index (χ0n) is 11.1. The zero-order valence-corrected chi connectivity index (χ0v) is 12.7.